The standard InChI is InChI=1S/C27H22N3OSi.C11H8N.Ir/c1-32(2,3)19-14-15-20-21-11-7-12-22(25(21)31-24(20)17-19)27-29-26-23(13-8-16-28-26)30(27)18-9-5-4-6-10-18;1-2-6-10(7-3-1)11-8-4-5-9-12-11;/h4-11,13-17H,1-3H3;1-6,8-9H;/q2*-1;. The number of imidazole rings is 1. The third-order valence-corrected chi connectivity index (χ3v) is 9.66. The van der Waals surface area contributed by atoms with Gasteiger partial charge >= 0.3 is 0 Å². The molecule has 0 N–H and O–H groups in total. The first kappa shape index (κ1) is 30.3. The van der Waals surface area contributed by atoms with Gasteiger partial charge in [0.1, 0.15) is 5.58 Å². The molecule has 223 valence electrons. The Morgan fingerprint density at radius 2 is 1.51 bits per heavy atom. The number of benzene rings is 4. The number of pyridine rings is 2. The summed E-state index contributed by atoms with van der Waals surface area (Å²) < 4.78 is 8.61. The average molecular weight is 779 g/mol. The van der Waals surface area contributed by atoms with Gasteiger partial charge in [-0.05, 0) is 42.1 Å². The molecule has 8 rings (SSSR count). The molecule has 8 aromatic rings. The summed E-state index contributed by atoms with van der Waals surface area (Å²) in [7, 11) is -1.44. The van der Waals surface area contributed by atoms with E-state index in [-0.39, 0.29) is 20.1 Å². The summed E-state index contributed by atoms with van der Waals surface area (Å²) in [5.41, 5.74) is 7.26. The minimum Gasteiger partial charge on any atom is -0.501 e. The fraction of sp³-hybridized carbons (Fsp3) is 0.0789. The van der Waals surface area contributed by atoms with Gasteiger partial charge in [0.2, 0.25) is 0 Å². The van der Waals surface area contributed by atoms with Crippen LogP contribution < -0.4 is 5.19 Å². The van der Waals surface area contributed by atoms with Gasteiger partial charge in [0, 0.05) is 43.6 Å². The molecule has 4 heterocycles. The normalized spacial score (nSPS) is 11.3. The monoisotopic (exact) mass is 779 g/mol. The molecule has 7 heteroatoms. The first-order valence-corrected chi connectivity index (χ1v) is 18.1. The van der Waals surface area contributed by atoms with E-state index < -0.39 is 8.07 Å². The Bertz CT molecular complexity index is 2170. The summed E-state index contributed by atoms with van der Waals surface area (Å²) in [6, 6.07) is 45.2. The van der Waals surface area contributed by atoms with Crippen LogP contribution in [-0.2, 0) is 20.1 Å². The van der Waals surface area contributed by atoms with Gasteiger partial charge in [0.25, 0.3) is 0 Å². The molecule has 0 spiro atoms. The number of fused-ring (bicyclic) bond motifs is 4. The van der Waals surface area contributed by atoms with E-state index in [4.69, 9.17) is 9.40 Å². The van der Waals surface area contributed by atoms with Crippen molar-refractivity contribution in [1.29, 1.82) is 0 Å². The molecule has 5 nitrogen and oxygen atoms in total. The van der Waals surface area contributed by atoms with Crippen molar-refractivity contribution in [2.45, 2.75) is 19.6 Å². The third-order valence-electron chi connectivity index (χ3n) is 7.62. The van der Waals surface area contributed by atoms with Gasteiger partial charge in [-0.2, -0.15) is 0 Å². The maximum atomic E-state index is 6.48. The van der Waals surface area contributed by atoms with E-state index >= 15 is 0 Å². The van der Waals surface area contributed by atoms with Crippen LogP contribution in [-0.4, -0.2) is 27.6 Å². The SMILES string of the molecule is C[Si](C)(C)c1ccc2c(c1)oc1c(-c3nc4ncccc4n3-c3ccccc3)[c-]ccc12.[Ir].[c-]1ccccc1-c1ccccn1. The molecule has 45 heavy (non-hydrogen) atoms. The Morgan fingerprint density at radius 1 is 0.711 bits per heavy atom. The number of para-hydroxylation sites is 1. The first-order valence-electron chi connectivity index (χ1n) is 14.6. The van der Waals surface area contributed by atoms with E-state index in [0.717, 1.165) is 55.8 Å². The quantitative estimate of drug-likeness (QED) is 0.132. The van der Waals surface area contributed by atoms with Crippen LogP contribution in [0.4, 0.5) is 0 Å². The van der Waals surface area contributed by atoms with E-state index in [0.29, 0.717) is 5.65 Å². The average Bonchev–Trinajstić information content (AvgIpc) is 3.64. The van der Waals surface area contributed by atoms with Gasteiger partial charge in [-0.25, -0.2) is 4.98 Å². The van der Waals surface area contributed by atoms with Crippen LogP contribution in [0.25, 0.3) is 61.4 Å². The minimum absolute atomic E-state index is 0. The van der Waals surface area contributed by atoms with E-state index in [9.17, 15) is 0 Å². The number of hydrogen-bond donors (Lipinski definition) is 0. The molecule has 0 atom stereocenters. The summed E-state index contributed by atoms with van der Waals surface area (Å²) in [5.74, 6) is 0.778. The van der Waals surface area contributed by atoms with Gasteiger partial charge in [-0.15, -0.1) is 54.1 Å². The summed E-state index contributed by atoms with van der Waals surface area (Å²) >= 11 is 0. The maximum Gasteiger partial charge on any atom is 0.168 e. The fourth-order valence-electron chi connectivity index (χ4n) is 5.37. The molecule has 1 radical (unpaired) electrons. The summed E-state index contributed by atoms with van der Waals surface area (Å²) in [4.78, 5) is 13.6. The van der Waals surface area contributed by atoms with Crippen molar-refractivity contribution < 1.29 is 24.5 Å². The van der Waals surface area contributed by atoms with Crippen molar-refractivity contribution >= 4 is 46.4 Å². The summed E-state index contributed by atoms with van der Waals surface area (Å²) in [6.45, 7) is 7.06. The van der Waals surface area contributed by atoms with Crippen LogP contribution in [0.2, 0.25) is 19.6 Å². The Balaban J connectivity index is 0.000000231. The van der Waals surface area contributed by atoms with E-state index in [1.54, 1.807) is 12.4 Å². The second-order valence-corrected chi connectivity index (χ2v) is 16.7. The van der Waals surface area contributed by atoms with Gasteiger partial charge in [-0.1, -0.05) is 78.2 Å². The van der Waals surface area contributed by atoms with Gasteiger partial charge < -0.3 is 14.0 Å². The van der Waals surface area contributed by atoms with Gasteiger partial charge in [0.15, 0.2) is 5.65 Å². The molecule has 4 aromatic heterocycles. The molecule has 0 aliphatic heterocycles. The predicted octanol–water partition coefficient (Wildman–Crippen LogP) is 8.88. The molecule has 0 bridgehead atoms. The molecule has 0 amide bonds. The number of nitrogens with zero attached hydrogens (tertiary/aromatic N) is 4. The Hall–Kier alpha value is -4.68. The topological polar surface area (TPSA) is 56.7 Å². The molecule has 0 saturated carbocycles. The van der Waals surface area contributed by atoms with Crippen molar-refractivity contribution in [1.82, 2.24) is 19.5 Å². The van der Waals surface area contributed by atoms with Crippen LogP contribution in [0.5, 0.6) is 0 Å². The Kier molecular flexibility index (Phi) is 8.59. The second kappa shape index (κ2) is 12.7. The van der Waals surface area contributed by atoms with Crippen LogP contribution in [0.15, 0.2) is 132 Å². The van der Waals surface area contributed by atoms with Gasteiger partial charge in [-0.3, -0.25) is 4.98 Å². The minimum atomic E-state index is -1.44. The fourth-order valence-corrected chi connectivity index (χ4v) is 6.52. The number of furan rings is 1. The molecular weight excluding hydrogens is 749 g/mol. The second-order valence-electron chi connectivity index (χ2n) is 11.6. The molecule has 0 saturated heterocycles. The number of rotatable bonds is 4. The van der Waals surface area contributed by atoms with Gasteiger partial charge in [0.05, 0.1) is 25.0 Å². The zero-order valence-electron chi connectivity index (χ0n) is 25.2. The van der Waals surface area contributed by atoms with Crippen molar-refractivity contribution in [2.75, 3.05) is 0 Å². The Morgan fingerprint density at radius 3 is 2.27 bits per heavy atom. The summed E-state index contributed by atoms with van der Waals surface area (Å²) in [5, 5.41) is 3.59. The van der Waals surface area contributed by atoms with E-state index in [1.165, 1.54) is 5.19 Å². The van der Waals surface area contributed by atoms with Crippen molar-refractivity contribution in [3.63, 3.8) is 0 Å². The predicted molar refractivity (Wildman–Crippen MR) is 182 cm³/mol. The molecule has 0 fully saturated rings. The van der Waals surface area contributed by atoms with Crippen molar-refractivity contribution in [3.05, 3.63) is 140 Å². The number of hydrogen-bond acceptors (Lipinski definition) is 4. The Labute approximate surface area is 277 Å². The van der Waals surface area contributed by atoms with E-state index in [2.05, 4.69) is 82.7 Å². The maximum absolute atomic E-state index is 6.48. The first-order chi connectivity index (χ1) is 21.5. The molecule has 0 unspecified atom stereocenters. The van der Waals surface area contributed by atoms with Crippen LogP contribution in [0.1, 0.15) is 0 Å². The van der Waals surface area contributed by atoms with Crippen LogP contribution in [0, 0.1) is 12.1 Å². The zero-order chi connectivity index (χ0) is 30.1. The zero-order valence-corrected chi connectivity index (χ0v) is 28.5. The summed E-state index contributed by atoms with van der Waals surface area (Å²) in [6.07, 6.45) is 3.56. The molecular formula is C38H30IrN4OSi-2. The van der Waals surface area contributed by atoms with Crippen molar-refractivity contribution in [2.24, 2.45) is 0 Å². The van der Waals surface area contributed by atoms with Crippen LogP contribution in [0.3, 0.4) is 0 Å². The smallest absolute Gasteiger partial charge is 0.168 e. The largest absolute Gasteiger partial charge is 0.501 e. The molecule has 4 aromatic carbocycles. The van der Waals surface area contributed by atoms with Crippen LogP contribution >= 0.6 is 0 Å². The van der Waals surface area contributed by atoms with E-state index in [1.807, 2.05) is 78.9 Å². The molecule has 0 aliphatic carbocycles. The third kappa shape index (κ3) is 6.03. The van der Waals surface area contributed by atoms with Crippen molar-refractivity contribution in [3.8, 4) is 28.3 Å². The molecule has 0 aliphatic rings. The number of aromatic nitrogens is 4.